The van der Waals surface area contributed by atoms with Crippen LogP contribution >= 0.6 is 11.6 Å². The van der Waals surface area contributed by atoms with Crippen molar-refractivity contribution in [3.05, 3.63) is 18.6 Å². The van der Waals surface area contributed by atoms with Gasteiger partial charge in [0.2, 0.25) is 0 Å². The van der Waals surface area contributed by atoms with Crippen molar-refractivity contribution in [2.75, 3.05) is 17.7 Å². The molecule has 5 heteroatoms. The third-order valence-corrected chi connectivity index (χ3v) is 3.08. The molecule has 1 atom stereocenters. The first-order chi connectivity index (χ1) is 8.22. The Morgan fingerprint density at radius 2 is 2.29 bits per heavy atom. The summed E-state index contributed by atoms with van der Waals surface area (Å²) in [5.41, 5.74) is 2.01. The van der Waals surface area contributed by atoms with Gasteiger partial charge in [0.05, 0.1) is 11.8 Å². The highest BCUT2D eigenvalue weighted by molar-refractivity contribution is 6.17. The molecule has 0 saturated carbocycles. The van der Waals surface area contributed by atoms with E-state index in [9.17, 15) is 0 Å². The summed E-state index contributed by atoms with van der Waals surface area (Å²) in [5, 5.41) is 3.34. The third-order valence-electron chi connectivity index (χ3n) is 2.86. The quantitative estimate of drug-likeness (QED) is 0.832. The fourth-order valence-electron chi connectivity index (χ4n) is 1.75. The van der Waals surface area contributed by atoms with Crippen LogP contribution in [-0.4, -0.2) is 27.0 Å². The van der Waals surface area contributed by atoms with Crippen LogP contribution in [0.4, 0.5) is 5.82 Å². The van der Waals surface area contributed by atoms with Gasteiger partial charge >= 0.3 is 0 Å². The van der Waals surface area contributed by atoms with Crippen LogP contribution < -0.4 is 5.32 Å². The Kier molecular flexibility index (Phi) is 3.84. The molecule has 2 heterocycles. The van der Waals surface area contributed by atoms with Gasteiger partial charge in [0, 0.05) is 25.7 Å². The van der Waals surface area contributed by atoms with Gasteiger partial charge < -0.3 is 9.88 Å². The molecular formula is C12H17ClN4. The first kappa shape index (κ1) is 12.2. The summed E-state index contributed by atoms with van der Waals surface area (Å²) in [5.74, 6) is 2.09. The number of pyridine rings is 1. The number of aryl methyl sites for hydroxylation is 1. The van der Waals surface area contributed by atoms with E-state index in [1.807, 2.05) is 17.7 Å². The van der Waals surface area contributed by atoms with Gasteiger partial charge in [0.1, 0.15) is 5.52 Å². The lowest BCUT2D eigenvalue weighted by Crippen LogP contribution is -2.12. The second kappa shape index (κ2) is 5.36. The molecule has 2 rings (SSSR count). The van der Waals surface area contributed by atoms with Crippen LogP contribution in [-0.2, 0) is 7.05 Å². The summed E-state index contributed by atoms with van der Waals surface area (Å²) in [6.07, 6.45) is 4.62. The van der Waals surface area contributed by atoms with Crippen LogP contribution in [0.2, 0.25) is 0 Å². The predicted molar refractivity (Wildman–Crippen MR) is 71.5 cm³/mol. The smallest absolute Gasteiger partial charge is 0.154 e. The minimum atomic E-state index is 0.535. The standard InChI is InChI=1S/C12H17ClN4/c1-9(3-5-13)7-15-12-11-10(4-6-14-12)17(2)8-16-11/h4,6,8-9H,3,5,7H2,1-2H3,(H,14,15). The van der Waals surface area contributed by atoms with Crippen LogP contribution in [0.15, 0.2) is 18.6 Å². The highest BCUT2D eigenvalue weighted by Crippen LogP contribution is 2.18. The molecule has 1 unspecified atom stereocenters. The van der Waals surface area contributed by atoms with Gasteiger partial charge in [-0.15, -0.1) is 11.6 Å². The fraction of sp³-hybridized carbons (Fsp3) is 0.500. The van der Waals surface area contributed by atoms with E-state index in [0.717, 1.165) is 29.8 Å². The molecule has 1 N–H and O–H groups in total. The molecule has 92 valence electrons. The normalized spacial score (nSPS) is 12.9. The number of aromatic nitrogens is 3. The molecule has 0 fully saturated rings. The molecule has 4 nitrogen and oxygen atoms in total. The maximum Gasteiger partial charge on any atom is 0.154 e. The molecule has 0 aliphatic heterocycles. The van der Waals surface area contributed by atoms with Crippen molar-refractivity contribution >= 4 is 28.5 Å². The zero-order valence-electron chi connectivity index (χ0n) is 10.2. The zero-order valence-corrected chi connectivity index (χ0v) is 10.9. The number of nitrogens with one attached hydrogen (secondary N) is 1. The molecule has 0 aliphatic carbocycles. The second-order valence-electron chi connectivity index (χ2n) is 4.35. The highest BCUT2D eigenvalue weighted by Gasteiger charge is 2.07. The van der Waals surface area contributed by atoms with Crippen molar-refractivity contribution in [2.24, 2.45) is 13.0 Å². The number of hydrogen-bond acceptors (Lipinski definition) is 3. The predicted octanol–water partition coefficient (Wildman–Crippen LogP) is 2.65. The van der Waals surface area contributed by atoms with E-state index in [-0.39, 0.29) is 0 Å². The lowest BCUT2D eigenvalue weighted by atomic mass is 10.1. The van der Waals surface area contributed by atoms with E-state index in [4.69, 9.17) is 11.6 Å². The molecule has 17 heavy (non-hydrogen) atoms. The van der Waals surface area contributed by atoms with E-state index in [2.05, 4.69) is 22.2 Å². The molecule has 0 spiro atoms. The Morgan fingerprint density at radius 3 is 3.06 bits per heavy atom. The lowest BCUT2D eigenvalue weighted by molar-refractivity contribution is 0.596. The van der Waals surface area contributed by atoms with Gasteiger partial charge in [-0.3, -0.25) is 0 Å². The number of alkyl halides is 1. The first-order valence-corrected chi connectivity index (χ1v) is 6.31. The molecular weight excluding hydrogens is 236 g/mol. The van der Waals surface area contributed by atoms with Crippen LogP contribution in [0.25, 0.3) is 11.0 Å². The van der Waals surface area contributed by atoms with Crippen LogP contribution in [0.1, 0.15) is 13.3 Å². The molecule has 0 aromatic carbocycles. The van der Waals surface area contributed by atoms with Crippen molar-refractivity contribution < 1.29 is 0 Å². The Bertz CT molecular complexity index is 494. The van der Waals surface area contributed by atoms with Crippen molar-refractivity contribution in [1.82, 2.24) is 14.5 Å². The molecule has 0 bridgehead atoms. The first-order valence-electron chi connectivity index (χ1n) is 5.78. The van der Waals surface area contributed by atoms with E-state index in [1.165, 1.54) is 0 Å². The van der Waals surface area contributed by atoms with Crippen LogP contribution in [0, 0.1) is 5.92 Å². The largest absolute Gasteiger partial charge is 0.368 e. The van der Waals surface area contributed by atoms with E-state index >= 15 is 0 Å². The average Bonchev–Trinajstić information content (AvgIpc) is 2.70. The summed E-state index contributed by atoms with van der Waals surface area (Å²) in [7, 11) is 1.98. The highest BCUT2D eigenvalue weighted by atomic mass is 35.5. The number of imidazole rings is 1. The van der Waals surface area contributed by atoms with Gasteiger partial charge in [0.25, 0.3) is 0 Å². The van der Waals surface area contributed by atoms with Gasteiger partial charge in [0.15, 0.2) is 5.82 Å². The van der Waals surface area contributed by atoms with Crippen LogP contribution in [0.3, 0.4) is 0 Å². The third kappa shape index (κ3) is 2.69. The summed E-state index contributed by atoms with van der Waals surface area (Å²) < 4.78 is 1.99. The number of hydrogen-bond donors (Lipinski definition) is 1. The fourth-order valence-corrected chi connectivity index (χ4v) is 2.12. The monoisotopic (exact) mass is 252 g/mol. The number of nitrogens with zero attached hydrogens (tertiary/aromatic N) is 3. The summed E-state index contributed by atoms with van der Waals surface area (Å²) >= 11 is 5.72. The van der Waals surface area contributed by atoms with Gasteiger partial charge in [-0.05, 0) is 18.4 Å². The Morgan fingerprint density at radius 1 is 1.47 bits per heavy atom. The van der Waals surface area contributed by atoms with Gasteiger partial charge in [-0.2, -0.15) is 0 Å². The van der Waals surface area contributed by atoms with Crippen molar-refractivity contribution in [2.45, 2.75) is 13.3 Å². The number of fused-ring (bicyclic) bond motifs is 1. The van der Waals surface area contributed by atoms with E-state index in [0.29, 0.717) is 11.8 Å². The molecule has 0 aliphatic rings. The minimum absolute atomic E-state index is 0.535. The lowest BCUT2D eigenvalue weighted by Gasteiger charge is -2.11. The van der Waals surface area contributed by atoms with Crippen molar-refractivity contribution in [3.63, 3.8) is 0 Å². The number of halogens is 1. The topological polar surface area (TPSA) is 42.7 Å². The SMILES string of the molecule is CC(CCCl)CNc1nccc2c1ncn2C. The maximum atomic E-state index is 5.72. The van der Waals surface area contributed by atoms with E-state index in [1.54, 1.807) is 12.5 Å². The minimum Gasteiger partial charge on any atom is -0.368 e. The Hall–Kier alpha value is -1.29. The molecule has 0 amide bonds. The molecule has 2 aromatic rings. The van der Waals surface area contributed by atoms with Crippen LogP contribution in [0.5, 0.6) is 0 Å². The second-order valence-corrected chi connectivity index (χ2v) is 4.72. The maximum absolute atomic E-state index is 5.72. The zero-order chi connectivity index (χ0) is 12.3. The Balaban J connectivity index is 2.13. The van der Waals surface area contributed by atoms with Gasteiger partial charge in [-0.25, -0.2) is 9.97 Å². The van der Waals surface area contributed by atoms with Crippen molar-refractivity contribution in [1.29, 1.82) is 0 Å². The van der Waals surface area contributed by atoms with Crippen molar-refractivity contribution in [3.8, 4) is 0 Å². The summed E-state index contributed by atoms with van der Waals surface area (Å²) in [4.78, 5) is 8.69. The molecule has 0 radical (unpaired) electrons. The average molecular weight is 253 g/mol. The Labute approximate surface area is 106 Å². The molecule has 2 aromatic heterocycles. The number of anilines is 1. The molecule has 0 saturated heterocycles. The van der Waals surface area contributed by atoms with Gasteiger partial charge in [-0.1, -0.05) is 6.92 Å². The van der Waals surface area contributed by atoms with E-state index < -0.39 is 0 Å². The summed E-state index contributed by atoms with van der Waals surface area (Å²) in [6, 6.07) is 1.97. The summed E-state index contributed by atoms with van der Waals surface area (Å²) in [6.45, 7) is 3.04. The number of rotatable bonds is 5.